The van der Waals surface area contributed by atoms with Crippen LogP contribution < -0.4 is 5.32 Å². The summed E-state index contributed by atoms with van der Waals surface area (Å²) in [5.41, 5.74) is 2.30. The van der Waals surface area contributed by atoms with Crippen molar-refractivity contribution in [3.05, 3.63) is 71.4 Å². The fourth-order valence-electron chi connectivity index (χ4n) is 3.16. The van der Waals surface area contributed by atoms with Crippen molar-refractivity contribution < 1.29 is 17.9 Å². The molecule has 9 heteroatoms. The molecule has 0 spiro atoms. The van der Waals surface area contributed by atoms with E-state index in [9.17, 15) is 13.2 Å². The number of amides is 1. The van der Waals surface area contributed by atoms with Crippen LogP contribution >= 0.6 is 11.3 Å². The molecule has 1 aliphatic rings. The molecule has 30 heavy (non-hydrogen) atoms. The highest BCUT2D eigenvalue weighted by atomic mass is 32.2. The Hall–Kier alpha value is -2.59. The number of carbonyl (C=O) groups is 1. The average molecular weight is 444 g/mol. The number of thiophene rings is 1. The summed E-state index contributed by atoms with van der Waals surface area (Å²) >= 11 is 1.63. The standard InChI is InChI=1S/C21H21N3O4S2/c25-21(23-14-16-12-18(15-22-13-16)20-2-1-11-29-20)17-3-5-19(6-4-17)30(26,27)24-7-9-28-10-8-24/h1-6,11-13,15H,7-10,14H2,(H,23,25). The van der Waals surface area contributed by atoms with Gasteiger partial charge in [0.1, 0.15) is 0 Å². The third kappa shape index (κ3) is 4.59. The molecule has 1 aromatic carbocycles. The zero-order valence-corrected chi connectivity index (χ0v) is 17.8. The molecule has 1 saturated heterocycles. The number of hydrogen-bond acceptors (Lipinski definition) is 6. The number of ether oxygens (including phenoxy) is 1. The van der Waals surface area contributed by atoms with Crippen molar-refractivity contribution in [2.45, 2.75) is 11.4 Å². The van der Waals surface area contributed by atoms with Crippen molar-refractivity contribution in [3.8, 4) is 10.4 Å². The molecule has 1 fully saturated rings. The normalized spacial score (nSPS) is 15.1. The van der Waals surface area contributed by atoms with Gasteiger partial charge in [0.15, 0.2) is 0 Å². The van der Waals surface area contributed by atoms with Crippen LogP contribution in [0.1, 0.15) is 15.9 Å². The summed E-state index contributed by atoms with van der Waals surface area (Å²) in [5, 5.41) is 4.86. The van der Waals surface area contributed by atoms with Crippen molar-refractivity contribution in [2.75, 3.05) is 26.3 Å². The molecule has 0 unspecified atom stereocenters. The van der Waals surface area contributed by atoms with Gasteiger partial charge < -0.3 is 10.1 Å². The average Bonchev–Trinajstić information content (AvgIpc) is 3.33. The van der Waals surface area contributed by atoms with E-state index in [0.29, 0.717) is 38.4 Å². The Morgan fingerprint density at radius 1 is 1.13 bits per heavy atom. The van der Waals surface area contributed by atoms with E-state index in [0.717, 1.165) is 16.0 Å². The first-order valence-electron chi connectivity index (χ1n) is 9.48. The number of benzene rings is 1. The molecule has 3 aromatic rings. The predicted molar refractivity (Wildman–Crippen MR) is 115 cm³/mol. The Bertz CT molecular complexity index is 1110. The molecule has 0 bridgehead atoms. The highest BCUT2D eigenvalue weighted by Crippen LogP contribution is 2.24. The lowest BCUT2D eigenvalue weighted by molar-refractivity contribution is 0.0730. The van der Waals surface area contributed by atoms with Crippen LogP contribution in [0.15, 0.2) is 65.1 Å². The lowest BCUT2D eigenvalue weighted by atomic mass is 10.1. The van der Waals surface area contributed by atoms with Gasteiger partial charge in [-0.05, 0) is 47.3 Å². The monoisotopic (exact) mass is 443 g/mol. The fourth-order valence-corrected chi connectivity index (χ4v) is 5.28. The number of sulfonamides is 1. The summed E-state index contributed by atoms with van der Waals surface area (Å²) in [6.07, 6.45) is 3.51. The van der Waals surface area contributed by atoms with Crippen LogP contribution in [0.3, 0.4) is 0 Å². The van der Waals surface area contributed by atoms with Crippen LogP contribution in [0, 0.1) is 0 Å². The van der Waals surface area contributed by atoms with Crippen molar-refractivity contribution >= 4 is 27.3 Å². The second-order valence-electron chi connectivity index (χ2n) is 6.78. The molecular weight excluding hydrogens is 422 g/mol. The van der Waals surface area contributed by atoms with Gasteiger partial charge in [-0.3, -0.25) is 9.78 Å². The second kappa shape index (κ2) is 9.05. The van der Waals surface area contributed by atoms with Gasteiger partial charge in [0.05, 0.1) is 18.1 Å². The Kier molecular flexibility index (Phi) is 6.24. The van der Waals surface area contributed by atoms with Crippen LogP contribution in [0.5, 0.6) is 0 Å². The van der Waals surface area contributed by atoms with E-state index >= 15 is 0 Å². The maximum absolute atomic E-state index is 12.7. The molecule has 7 nitrogen and oxygen atoms in total. The van der Waals surface area contributed by atoms with Crippen LogP contribution in [-0.4, -0.2) is 49.9 Å². The fraction of sp³-hybridized carbons (Fsp3) is 0.238. The number of aromatic nitrogens is 1. The van der Waals surface area contributed by atoms with E-state index in [4.69, 9.17) is 4.74 Å². The van der Waals surface area contributed by atoms with Gasteiger partial charge in [0.25, 0.3) is 5.91 Å². The lowest BCUT2D eigenvalue weighted by Gasteiger charge is -2.26. The van der Waals surface area contributed by atoms with E-state index in [2.05, 4.69) is 10.3 Å². The first kappa shape index (κ1) is 20.7. The van der Waals surface area contributed by atoms with Crippen molar-refractivity contribution in [2.24, 2.45) is 0 Å². The van der Waals surface area contributed by atoms with Gasteiger partial charge >= 0.3 is 0 Å². The molecule has 0 radical (unpaired) electrons. The van der Waals surface area contributed by atoms with E-state index in [1.807, 2.05) is 23.6 Å². The molecule has 1 N–H and O–H groups in total. The molecule has 3 heterocycles. The molecule has 2 aromatic heterocycles. The van der Waals surface area contributed by atoms with Crippen molar-refractivity contribution in [1.29, 1.82) is 0 Å². The predicted octanol–water partition coefficient (Wildman–Crippen LogP) is 2.76. The van der Waals surface area contributed by atoms with E-state index in [1.165, 1.54) is 28.6 Å². The van der Waals surface area contributed by atoms with Gasteiger partial charge in [0, 0.05) is 48.0 Å². The van der Waals surface area contributed by atoms with Crippen molar-refractivity contribution in [3.63, 3.8) is 0 Å². The smallest absolute Gasteiger partial charge is 0.251 e. The zero-order valence-electron chi connectivity index (χ0n) is 16.2. The quantitative estimate of drug-likeness (QED) is 0.633. The number of nitrogens with zero attached hydrogens (tertiary/aromatic N) is 2. The molecular formula is C21H21N3O4S2. The Morgan fingerprint density at radius 2 is 1.90 bits per heavy atom. The zero-order chi connectivity index (χ0) is 21.0. The number of morpholine rings is 1. The summed E-state index contributed by atoms with van der Waals surface area (Å²) < 4.78 is 32.0. The van der Waals surface area contributed by atoms with Crippen LogP contribution in [0.2, 0.25) is 0 Å². The third-order valence-electron chi connectivity index (χ3n) is 4.78. The Morgan fingerprint density at radius 3 is 2.60 bits per heavy atom. The molecule has 0 atom stereocenters. The van der Waals surface area contributed by atoms with Gasteiger partial charge in [0.2, 0.25) is 10.0 Å². The SMILES string of the molecule is O=C(NCc1cncc(-c2cccs2)c1)c1ccc(S(=O)(=O)N2CCOCC2)cc1. The summed E-state index contributed by atoms with van der Waals surface area (Å²) in [4.78, 5) is 18.0. The summed E-state index contributed by atoms with van der Waals surface area (Å²) in [6.45, 7) is 1.79. The molecule has 4 rings (SSSR count). The minimum Gasteiger partial charge on any atom is -0.379 e. The summed E-state index contributed by atoms with van der Waals surface area (Å²) in [7, 11) is -3.57. The highest BCUT2D eigenvalue weighted by molar-refractivity contribution is 7.89. The summed E-state index contributed by atoms with van der Waals surface area (Å²) in [5.74, 6) is -0.271. The number of carbonyl (C=O) groups excluding carboxylic acids is 1. The summed E-state index contributed by atoms with van der Waals surface area (Å²) in [6, 6.07) is 12.0. The second-order valence-corrected chi connectivity index (χ2v) is 9.67. The third-order valence-corrected chi connectivity index (χ3v) is 7.61. The van der Waals surface area contributed by atoms with Crippen LogP contribution in [0.4, 0.5) is 0 Å². The highest BCUT2D eigenvalue weighted by Gasteiger charge is 2.26. The molecule has 1 amide bonds. The molecule has 0 aliphatic carbocycles. The largest absolute Gasteiger partial charge is 0.379 e. The number of nitrogens with one attached hydrogen (secondary N) is 1. The Balaban J connectivity index is 1.40. The number of rotatable bonds is 6. The van der Waals surface area contributed by atoms with Crippen molar-refractivity contribution in [1.82, 2.24) is 14.6 Å². The van der Waals surface area contributed by atoms with E-state index < -0.39 is 10.0 Å². The molecule has 0 saturated carbocycles. The molecule has 1 aliphatic heterocycles. The first-order valence-corrected chi connectivity index (χ1v) is 11.8. The minimum atomic E-state index is -3.57. The minimum absolute atomic E-state index is 0.175. The Labute approximate surface area is 179 Å². The number of pyridine rings is 1. The maximum Gasteiger partial charge on any atom is 0.251 e. The van der Waals surface area contributed by atoms with E-state index in [1.54, 1.807) is 23.7 Å². The van der Waals surface area contributed by atoms with Gasteiger partial charge in [-0.1, -0.05) is 6.07 Å². The topological polar surface area (TPSA) is 88.6 Å². The van der Waals surface area contributed by atoms with Gasteiger partial charge in [-0.25, -0.2) is 8.42 Å². The number of hydrogen-bond donors (Lipinski definition) is 1. The van der Waals surface area contributed by atoms with Gasteiger partial charge in [-0.2, -0.15) is 4.31 Å². The lowest BCUT2D eigenvalue weighted by Crippen LogP contribution is -2.40. The first-order chi connectivity index (χ1) is 14.5. The van der Waals surface area contributed by atoms with Crippen LogP contribution in [0.25, 0.3) is 10.4 Å². The molecule has 156 valence electrons. The van der Waals surface area contributed by atoms with E-state index in [-0.39, 0.29) is 10.8 Å². The van der Waals surface area contributed by atoms with Crippen LogP contribution in [-0.2, 0) is 21.3 Å². The van der Waals surface area contributed by atoms with Gasteiger partial charge in [-0.15, -0.1) is 11.3 Å². The maximum atomic E-state index is 12.7.